The van der Waals surface area contributed by atoms with Gasteiger partial charge in [0.2, 0.25) is 0 Å². The SMILES string of the molecule is FC(F)(F)c1cc(C2=c3cc4cc5c(cc4cc3-c3c2oc2ccccc32)=C(c2cc(C(F)(F)F)cc(C(F)(F)F)c2)c2oc3ccccc3c2-5)cc(C(F)(F)F)c1. The Kier molecular flexibility index (Phi) is 7.17. The maximum absolute atomic E-state index is 14.1. The van der Waals surface area contributed by atoms with Crippen LogP contribution >= 0.6 is 0 Å². The van der Waals surface area contributed by atoms with Crippen molar-refractivity contribution in [1.29, 1.82) is 0 Å². The zero-order valence-corrected chi connectivity index (χ0v) is 28.7. The second-order valence-electron chi connectivity index (χ2n) is 14.1. The number of hydrogen-bond acceptors (Lipinski definition) is 2. The second-order valence-corrected chi connectivity index (χ2v) is 14.1. The van der Waals surface area contributed by atoms with Crippen LogP contribution in [0.4, 0.5) is 52.7 Å². The average Bonchev–Trinajstić information content (AvgIpc) is 3.87. The molecular formula is C44H18F12O2. The van der Waals surface area contributed by atoms with Gasteiger partial charge in [-0.3, -0.25) is 0 Å². The van der Waals surface area contributed by atoms with Crippen LogP contribution in [0.2, 0.25) is 0 Å². The van der Waals surface area contributed by atoms with E-state index in [2.05, 4.69) is 0 Å². The third-order valence-electron chi connectivity index (χ3n) is 10.6. The van der Waals surface area contributed by atoms with Crippen molar-refractivity contribution in [2.24, 2.45) is 0 Å². The third-order valence-corrected chi connectivity index (χ3v) is 10.6. The largest absolute Gasteiger partial charge is 0.455 e. The number of benzene rings is 6. The Morgan fingerprint density at radius 3 is 1.02 bits per heavy atom. The zero-order valence-electron chi connectivity index (χ0n) is 28.7. The maximum atomic E-state index is 14.1. The first-order valence-corrected chi connectivity index (χ1v) is 17.3. The molecule has 2 aliphatic rings. The first-order chi connectivity index (χ1) is 27.3. The Labute approximate surface area is 316 Å². The molecule has 8 aromatic rings. The van der Waals surface area contributed by atoms with Crippen LogP contribution in [-0.4, -0.2) is 0 Å². The topological polar surface area (TPSA) is 26.3 Å². The van der Waals surface area contributed by atoms with Gasteiger partial charge in [0, 0.05) is 33.0 Å². The normalized spacial score (nSPS) is 14.1. The smallest absolute Gasteiger partial charge is 0.416 e. The van der Waals surface area contributed by atoms with Crippen molar-refractivity contribution < 1.29 is 61.5 Å². The van der Waals surface area contributed by atoms with E-state index in [4.69, 9.17) is 8.83 Å². The van der Waals surface area contributed by atoms with E-state index in [0.717, 1.165) is 0 Å². The summed E-state index contributed by atoms with van der Waals surface area (Å²) < 4.78 is 182. The summed E-state index contributed by atoms with van der Waals surface area (Å²) in [5.41, 5.74) is -4.92. The Hall–Kier alpha value is -6.44. The summed E-state index contributed by atoms with van der Waals surface area (Å²) in [5, 5.41) is 2.30. The number of rotatable bonds is 2. The molecule has 14 heteroatoms. The molecule has 0 atom stereocenters. The number of furan rings is 2. The van der Waals surface area contributed by atoms with E-state index in [1.54, 1.807) is 72.8 Å². The molecule has 2 heterocycles. The first kappa shape index (κ1) is 35.9. The van der Waals surface area contributed by atoms with E-state index >= 15 is 0 Å². The second kappa shape index (κ2) is 11.6. The van der Waals surface area contributed by atoms with Crippen LogP contribution in [0.25, 0.3) is 66.1 Å². The Morgan fingerprint density at radius 2 is 0.690 bits per heavy atom. The molecule has 0 radical (unpaired) electrons. The molecule has 2 aliphatic carbocycles. The average molecular weight is 807 g/mol. The minimum Gasteiger partial charge on any atom is -0.455 e. The van der Waals surface area contributed by atoms with Crippen molar-refractivity contribution in [3.8, 4) is 22.3 Å². The number of fused-ring (bicyclic) bond motifs is 11. The third kappa shape index (κ3) is 5.37. The molecule has 0 saturated carbocycles. The Balaban J connectivity index is 1.33. The molecule has 0 fully saturated rings. The summed E-state index contributed by atoms with van der Waals surface area (Å²) in [6, 6.07) is 22.1. The van der Waals surface area contributed by atoms with Gasteiger partial charge in [-0.1, -0.05) is 36.4 Å². The molecule has 0 aliphatic heterocycles. The van der Waals surface area contributed by atoms with Crippen LogP contribution in [0.15, 0.2) is 118 Å². The van der Waals surface area contributed by atoms with Crippen LogP contribution < -0.4 is 10.4 Å². The maximum Gasteiger partial charge on any atom is 0.416 e. The molecule has 2 aromatic heterocycles. The lowest BCUT2D eigenvalue weighted by molar-refractivity contribution is -0.144. The van der Waals surface area contributed by atoms with E-state index in [1.165, 1.54) is 0 Å². The van der Waals surface area contributed by atoms with Crippen molar-refractivity contribution in [1.82, 2.24) is 0 Å². The Morgan fingerprint density at radius 1 is 0.362 bits per heavy atom. The fourth-order valence-corrected chi connectivity index (χ4v) is 8.17. The molecule has 290 valence electrons. The van der Waals surface area contributed by atoms with Crippen molar-refractivity contribution in [3.63, 3.8) is 0 Å². The molecule has 0 saturated heterocycles. The number of hydrogen-bond donors (Lipinski definition) is 0. The van der Waals surface area contributed by atoms with Crippen LogP contribution in [0, 0.1) is 0 Å². The molecule has 6 aromatic carbocycles. The minimum absolute atomic E-state index is 0.0190. The molecule has 2 nitrogen and oxygen atoms in total. The molecule has 0 spiro atoms. The van der Waals surface area contributed by atoms with Gasteiger partial charge < -0.3 is 8.83 Å². The van der Waals surface area contributed by atoms with E-state index in [9.17, 15) is 52.7 Å². The van der Waals surface area contributed by atoms with E-state index < -0.39 is 58.1 Å². The summed E-state index contributed by atoms with van der Waals surface area (Å²) in [6.07, 6.45) is -20.6. The summed E-state index contributed by atoms with van der Waals surface area (Å²) in [5.74, 6) is 0.0380. The molecule has 0 N–H and O–H groups in total. The van der Waals surface area contributed by atoms with Gasteiger partial charge in [0.25, 0.3) is 0 Å². The monoisotopic (exact) mass is 806 g/mol. The fraction of sp³-hybridized carbons (Fsp3) is 0.0909. The van der Waals surface area contributed by atoms with Gasteiger partial charge in [0.05, 0.1) is 22.3 Å². The van der Waals surface area contributed by atoms with Gasteiger partial charge in [-0.25, -0.2) is 0 Å². The molecule has 0 unspecified atom stereocenters. The van der Waals surface area contributed by atoms with Crippen molar-refractivity contribution in [2.75, 3.05) is 0 Å². The summed E-state index contributed by atoms with van der Waals surface area (Å²) >= 11 is 0. The first-order valence-electron chi connectivity index (χ1n) is 17.3. The van der Waals surface area contributed by atoms with Crippen LogP contribution in [0.5, 0.6) is 0 Å². The molecule has 0 bridgehead atoms. The highest BCUT2D eigenvalue weighted by Gasteiger charge is 2.41. The van der Waals surface area contributed by atoms with Gasteiger partial charge in [-0.15, -0.1) is 0 Å². The van der Waals surface area contributed by atoms with Gasteiger partial charge in [-0.2, -0.15) is 52.7 Å². The highest BCUT2D eigenvalue weighted by Crippen LogP contribution is 2.48. The zero-order chi connectivity index (χ0) is 40.8. The van der Waals surface area contributed by atoms with E-state index in [-0.39, 0.29) is 45.2 Å². The minimum atomic E-state index is -5.14. The summed E-state index contributed by atoms with van der Waals surface area (Å²) in [4.78, 5) is 0. The number of halogens is 12. The van der Waals surface area contributed by atoms with Gasteiger partial charge in [0.15, 0.2) is 0 Å². The van der Waals surface area contributed by atoms with Crippen molar-refractivity contribution in [3.05, 3.63) is 165 Å². The highest BCUT2D eigenvalue weighted by atomic mass is 19.4. The lowest BCUT2D eigenvalue weighted by Crippen LogP contribution is -2.14. The lowest BCUT2D eigenvalue weighted by Gasteiger charge is -2.15. The standard InChI is InChI=1S/C44H18F12O2/c45-41(46,47)23-9-21(10-24(17-23)42(48,49)50)35-29-13-20-16-32-30(14-19(20)15-31(29)37-27-5-1-3-7-33(27)57-39(35)37)36(40-38(32)28-6-2-4-8-34(28)58-40)22-11-25(43(51,52)53)18-26(12-22)44(54,55)56/h1-18H. The summed E-state index contributed by atoms with van der Waals surface area (Å²) in [6.45, 7) is 0. The summed E-state index contributed by atoms with van der Waals surface area (Å²) in [7, 11) is 0. The van der Waals surface area contributed by atoms with Gasteiger partial charge in [0.1, 0.15) is 22.7 Å². The predicted octanol–water partition coefficient (Wildman–Crippen LogP) is 12.9. The number of para-hydroxylation sites is 2. The molecular weight excluding hydrogens is 788 g/mol. The molecule has 0 amide bonds. The van der Waals surface area contributed by atoms with Gasteiger partial charge >= 0.3 is 24.7 Å². The van der Waals surface area contributed by atoms with Crippen LogP contribution in [-0.2, 0) is 24.7 Å². The van der Waals surface area contributed by atoms with E-state index in [1.807, 2.05) is 0 Å². The quantitative estimate of drug-likeness (QED) is 0.163. The highest BCUT2D eigenvalue weighted by molar-refractivity contribution is 6.11. The fourth-order valence-electron chi connectivity index (χ4n) is 8.17. The molecule has 58 heavy (non-hydrogen) atoms. The van der Waals surface area contributed by atoms with Gasteiger partial charge in [-0.05, 0) is 116 Å². The van der Waals surface area contributed by atoms with Crippen LogP contribution in [0.3, 0.4) is 0 Å². The van der Waals surface area contributed by atoms with E-state index in [0.29, 0.717) is 79.2 Å². The van der Waals surface area contributed by atoms with Crippen molar-refractivity contribution >= 4 is 43.9 Å². The predicted molar refractivity (Wildman–Crippen MR) is 190 cm³/mol. The molecule has 10 rings (SSSR count). The Bertz CT molecular complexity index is 2940. The van der Waals surface area contributed by atoms with Crippen molar-refractivity contribution in [2.45, 2.75) is 24.7 Å². The lowest BCUT2D eigenvalue weighted by atomic mass is 9.95. The van der Waals surface area contributed by atoms with Crippen LogP contribution in [0.1, 0.15) is 44.9 Å². The number of alkyl halides is 12.